The fraction of sp³-hybridized carbons (Fsp3) is 0.667. The van der Waals surface area contributed by atoms with Gasteiger partial charge in [-0.25, -0.2) is 0 Å². The molecule has 2 fully saturated rings. The van der Waals surface area contributed by atoms with E-state index in [1.807, 2.05) is 18.2 Å². The standard InChI is InChI=1S/C18H26N4O/c1-16-14-22(12-13-23-16)11-10-21-8-5-18(15-19,6-9-21)17-4-2-3-7-20-17/h2-4,7,16H,5-6,8-14H2,1H3. The Kier molecular flexibility index (Phi) is 5.27. The average Bonchev–Trinajstić information content (AvgIpc) is 2.61. The molecule has 3 heterocycles. The van der Waals surface area contributed by atoms with E-state index in [1.165, 1.54) is 0 Å². The molecule has 1 unspecified atom stereocenters. The number of pyridine rings is 1. The number of aromatic nitrogens is 1. The average molecular weight is 314 g/mol. The van der Waals surface area contributed by atoms with Crippen molar-refractivity contribution in [2.24, 2.45) is 0 Å². The lowest BCUT2D eigenvalue weighted by molar-refractivity contribution is -0.0214. The molecule has 2 saturated heterocycles. The van der Waals surface area contributed by atoms with Crippen LogP contribution < -0.4 is 0 Å². The van der Waals surface area contributed by atoms with Crippen LogP contribution in [0, 0.1) is 11.3 Å². The Morgan fingerprint density at radius 3 is 2.70 bits per heavy atom. The Balaban J connectivity index is 1.51. The minimum atomic E-state index is -0.398. The van der Waals surface area contributed by atoms with Crippen LogP contribution in [0.1, 0.15) is 25.5 Å². The minimum absolute atomic E-state index is 0.348. The third-order valence-electron chi connectivity index (χ3n) is 5.14. The first kappa shape index (κ1) is 16.4. The van der Waals surface area contributed by atoms with Gasteiger partial charge >= 0.3 is 0 Å². The molecule has 3 rings (SSSR count). The molecule has 124 valence electrons. The topological polar surface area (TPSA) is 52.4 Å². The molecule has 0 bridgehead atoms. The molecular weight excluding hydrogens is 288 g/mol. The van der Waals surface area contributed by atoms with E-state index in [0.29, 0.717) is 6.10 Å². The van der Waals surface area contributed by atoms with E-state index in [1.54, 1.807) is 6.20 Å². The van der Waals surface area contributed by atoms with Crippen molar-refractivity contribution in [3.63, 3.8) is 0 Å². The number of nitrogens with zero attached hydrogens (tertiary/aromatic N) is 4. The maximum absolute atomic E-state index is 9.71. The molecule has 23 heavy (non-hydrogen) atoms. The van der Waals surface area contributed by atoms with Crippen molar-refractivity contribution in [3.8, 4) is 6.07 Å². The summed E-state index contributed by atoms with van der Waals surface area (Å²) in [4.78, 5) is 9.41. The fourth-order valence-corrected chi connectivity index (χ4v) is 3.61. The van der Waals surface area contributed by atoms with Gasteiger partial charge in [0.2, 0.25) is 0 Å². The van der Waals surface area contributed by atoms with E-state index in [0.717, 1.165) is 64.4 Å². The van der Waals surface area contributed by atoms with Gasteiger partial charge in [0.25, 0.3) is 0 Å². The second-order valence-electron chi connectivity index (χ2n) is 6.73. The molecule has 0 aromatic carbocycles. The summed E-state index contributed by atoms with van der Waals surface area (Å²) in [5.74, 6) is 0. The fourth-order valence-electron chi connectivity index (χ4n) is 3.61. The van der Waals surface area contributed by atoms with Gasteiger partial charge < -0.3 is 9.64 Å². The zero-order chi connectivity index (χ0) is 16.1. The van der Waals surface area contributed by atoms with Gasteiger partial charge in [-0.2, -0.15) is 5.26 Å². The predicted octanol–water partition coefficient (Wildman–Crippen LogP) is 1.66. The van der Waals surface area contributed by atoms with Crippen LogP contribution >= 0.6 is 0 Å². The molecule has 0 spiro atoms. The molecule has 1 aromatic rings. The van der Waals surface area contributed by atoms with Crippen molar-refractivity contribution in [1.29, 1.82) is 5.26 Å². The van der Waals surface area contributed by atoms with Crippen molar-refractivity contribution in [1.82, 2.24) is 14.8 Å². The summed E-state index contributed by atoms with van der Waals surface area (Å²) in [6.07, 6.45) is 3.89. The van der Waals surface area contributed by atoms with Gasteiger partial charge in [0.1, 0.15) is 5.41 Å². The highest BCUT2D eigenvalue weighted by atomic mass is 16.5. The number of rotatable bonds is 4. The van der Waals surface area contributed by atoms with Gasteiger partial charge in [-0.1, -0.05) is 6.07 Å². The van der Waals surface area contributed by atoms with E-state index < -0.39 is 5.41 Å². The third-order valence-corrected chi connectivity index (χ3v) is 5.14. The van der Waals surface area contributed by atoms with Crippen molar-refractivity contribution < 1.29 is 4.74 Å². The second kappa shape index (κ2) is 7.39. The van der Waals surface area contributed by atoms with Crippen molar-refractivity contribution in [3.05, 3.63) is 30.1 Å². The zero-order valence-corrected chi connectivity index (χ0v) is 13.9. The highest BCUT2D eigenvalue weighted by Crippen LogP contribution is 2.33. The van der Waals surface area contributed by atoms with Gasteiger partial charge in [-0.05, 0) is 31.9 Å². The summed E-state index contributed by atoms with van der Waals surface area (Å²) >= 11 is 0. The van der Waals surface area contributed by atoms with Crippen molar-refractivity contribution in [2.75, 3.05) is 45.9 Å². The molecule has 5 heteroatoms. The van der Waals surface area contributed by atoms with Crippen LogP contribution in [0.3, 0.4) is 0 Å². The van der Waals surface area contributed by atoms with Crippen LogP contribution in [0.2, 0.25) is 0 Å². The summed E-state index contributed by atoms with van der Waals surface area (Å²) < 4.78 is 5.59. The Morgan fingerprint density at radius 2 is 2.04 bits per heavy atom. The van der Waals surface area contributed by atoms with Gasteiger partial charge in [-0.3, -0.25) is 9.88 Å². The molecule has 0 N–H and O–H groups in total. The molecule has 0 saturated carbocycles. The maximum Gasteiger partial charge on any atom is 0.102 e. The Hall–Kier alpha value is -1.48. The van der Waals surface area contributed by atoms with E-state index in [2.05, 4.69) is 27.8 Å². The smallest absolute Gasteiger partial charge is 0.102 e. The number of ether oxygens (including phenoxy) is 1. The molecular formula is C18H26N4O. The van der Waals surface area contributed by atoms with Crippen LogP contribution in [-0.4, -0.2) is 66.8 Å². The predicted molar refractivity (Wildman–Crippen MR) is 89.1 cm³/mol. The van der Waals surface area contributed by atoms with Crippen molar-refractivity contribution >= 4 is 0 Å². The first-order valence-electron chi connectivity index (χ1n) is 8.61. The Labute approximate surface area is 138 Å². The lowest BCUT2D eigenvalue weighted by atomic mass is 9.76. The van der Waals surface area contributed by atoms with Crippen molar-refractivity contribution in [2.45, 2.75) is 31.3 Å². The van der Waals surface area contributed by atoms with E-state index in [9.17, 15) is 5.26 Å². The number of piperidine rings is 1. The highest BCUT2D eigenvalue weighted by molar-refractivity contribution is 5.27. The summed E-state index contributed by atoms with van der Waals surface area (Å²) in [5, 5.41) is 9.71. The maximum atomic E-state index is 9.71. The largest absolute Gasteiger partial charge is 0.376 e. The molecule has 0 radical (unpaired) electrons. The molecule has 1 atom stereocenters. The number of morpholine rings is 1. The lowest BCUT2D eigenvalue weighted by Crippen LogP contribution is -2.47. The van der Waals surface area contributed by atoms with Crippen LogP contribution in [-0.2, 0) is 10.2 Å². The monoisotopic (exact) mass is 314 g/mol. The molecule has 0 aliphatic carbocycles. The molecule has 2 aliphatic heterocycles. The minimum Gasteiger partial charge on any atom is -0.376 e. The van der Waals surface area contributed by atoms with Crippen LogP contribution in [0.4, 0.5) is 0 Å². The number of hydrogen-bond donors (Lipinski definition) is 0. The Bertz CT molecular complexity index is 534. The van der Waals surface area contributed by atoms with Gasteiger partial charge in [0.05, 0.1) is 24.5 Å². The summed E-state index contributed by atoms with van der Waals surface area (Å²) in [6.45, 7) is 9.18. The van der Waals surface area contributed by atoms with Gasteiger partial charge in [-0.15, -0.1) is 0 Å². The first-order chi connectivity index (χ1) is 11.2. The molecule has 2 aliphatic rings. The molecule has 0 amide bonds. The molecule has 1 aromatic heterocycles. The van der Waals surface area contributed by atoms with Crippen LogP contribution in [0.15, 0.2) is 24.4 Å². The number of hydrogen-bond acceptors (Lipinski definition) is 5. The quantitative estimate of drug-likeness (QED) is 0.846. The van der Waals surface area contributed by atoms with Gasteiger partial charge in [0, 0.05) is 45.5 Å². The highest BCUT2D eigenvalue weighted by Gasteiger charge is 2.37. The summed E-state index contributed by atoms with van der Waals surface area (Å²) in [7, 11) is 0. The van der Waals surface area contributed by atoms with Crippen LogP contribution in [0.5, 0.6) is 0 Å². The lowest BCUT2D eigenvalue weighted by Gasteiger charge is -2.38. The summed E-state index contributed by atoms with van der Waals surface area (Å²) in [5.41, 5.74) is 0.537. The first-order valence-corrected chi connectivity index (χ1v) is 8.61. The third kappa shape index (κ3) is 3.89. The SMILES string of the molecule is CC1CN(CCN2CCC(C#N)(c3ccccn3)CC2)CCO1. The summed E-state index contributed by atoms with van der Waals surface area (Å²) in [6, 6.07) is 8.43. The number of likely N-dealkylation sites (tertiary alicyclic amines) is 1. The van der Waals surface area contributed by atoms with Crippen LogP contribution in [0.25, 0.3) is 0 Å². The van der Waals surface area contributed by atoms with E-state index in [-0.39, 0.29) is 0 Å². The van der Waals surface area contributed by atoms with E-state index in [4.69, 9.17) is 4.74 Å². The second-order valence-corrected chi connectivity index (χ2v) is 6.73. The van der Waals surface area contributed by atoms with E-state index >= 15 is 0 Å². The number of nitriles is 1. The molecule has 5 nitrogen and oxygen atoms in total. The zero-order valence-electron chi connectivity index (χ0n) is 13.9. The Morgan fingerprint density at radius 1 is 1.26 bits per heavy atom. The normalized spacial score (nSPS) is 25.8. The van der Waals surface area contributed by atoms with Gasteiger partial charge in [0.15, 0.2) is 0 Å².